The van der Waals surface area contributed by atoms with E-state index in [1.54, 1.807) is 18.2 Å². The van der Waals surface area contributed by atoms with Gasteiger partial charge in [0.25, 0.3) is 0 Å². The summed E-state index contributed by atoms with van der Waals surface area (Å²) in [6.07, 6.45) is 4.42. The number of amides is 1. The molecule has 0 aliphatic carbocycles. The number of anilines is 1. The number of hydrogen-bond donors (Lipinski definition) is 0. The van der Waals surface area contributed by atoms with Crippen molar-refractivity contribution in [1.29, 1.82) is 0 Å². The molecule has 1 amide bonds. The van der Waals surface area contributed by atoms with Crippen molar-refractivity contribution >= 4 is 34.4 Å². The van der Waals surface area contributed by atoms with E-state index in [0.29, 0.717) is 42.6 Å². The fraction of sp³-hybridized carbons (Fsp3) is 0.556. The van der Waals surface area contributed by atoms with Crippen LogP contribution in [-0.2, 0) is 9.47 Å². The second-order valence-corrected chi connectivity index (χ2v) is 11.7. The van der Waals surface area contributed by atoms with E-state index in [-0.39, 0.29) is 18.1 Å². The summed E-state index contributed by atoms with van der Waals surface area (Å²) in [5.74, 6) is 1.68. The van der Waals surface area contributed by atoms with Crippen molar-refractivity contribution in [2.24, 2.45) is 0 Å². The molecule has 0 spiro atoms. The van der Waals surface area contributed by atoms with E-state index in [2.05, 4.69) is 26.0 Å². The van der Waals surface area contributed by atoms with Crippen LogP contribution in [0.3, 0.4) is 0 Å². The summed E-state index contributed by atoms with van der Waals surface area (Å²) in [5.41, 5.74) is 1.46. The molecule has 202 valence electrons. The molecule has 0 saturated carbocycles. The van der Waals surface area contributed by atoms with Gasteiger partial charge >= 0.3 is 12.1 Å². The largest absolute Gasteiger partial charge is 0.467 e. The fourth-order valence-electron chi connectivity index (χ4n) is 5.69. The molecule has 3 fully saturated rings. The fourth-order valence-corrected chi connectivity index (χ4v) is 6.01. The van der Waals surface area contributed by atoms with Crippen molar-refractivity contribution in [2.45, 2.75) is 63.7 Å². The van der Waals surface area contributed by atoms with E-state index in [9.17, 15) is 4.79 Å². The highest BCUT2D eigenvalue weighted by Gasteiger charge is 2.40. The minimum Gasteiger partial charge on any atom is -0.467 e. The third-order valence-corrected chi connectivity index (χ3v) is 7.87. The average molecular weight is 541 g/mol. The lowest BCUT2D eigenvalue weighted by Gasteiger charge is -2.34. The van der Waals surface area contributed by atoms with Crippen LogP contribution in [0.25, 0.3) is 16.7 Å². The van der Waals surface area contributed by atoms with Crippen LogP contribution in [0.2, 0.25) is 5.02 Å². The smallest absolute Gasteiger partial charge is 0.410 e. The molecule has 3 aromatic rings. The van der Waals surface area contributed by atoms with Crippen molar-refractivity contribution < 1.29 is 19.0 Å². The zero-order chi connectivity index (χ0) is 26.6. The Bertz CT molecular complexity index is 1360. The van der Waals surface area contributed by atoms with Crippen LogP contribution in [0.1, 0.15) is 51.5 Å². The number of ether oxygens (including phenoxy) is 3. The number of halogens is 1. The van der Waals surface area contributed by atoms with Gasteiger partial charge < -0.3 is 24.0 Å². The van der Waals surface area contributed by atoms with Gasteiger partial charge in [-0.3, -0.25) is 0 Å². The molecule has 2 unspecified atom stereocenters. The first kappa shape index (κ1) is 25.2. The predicted octanol–water partition coefficient (Wildman–Crippen LogP) is 4.57. The van der Waals surface area contributed by atoms with Crippen molar-refractivity contribution in [3.8, 4) is 11.8 Å². The van der Waals surface area contributed by atoms with Crippen molar-refractivity contribution in [1.82, 2.24) is 24.6 Å². The Kier molecular flexibility index (Phi) is 6.34. The number of fused-ring (bicyclic) bond motifs is 3. The molecule has 3 saturated heterocycles. The molecule has 5 heterocycles. The minimum atomic E-state index is -0.508. The summed E-state index contributed by atoms with van der Waals surface area (Å²) in [5, 5.41) is 6.29. The topological polar surface area (TPSA) is 94.8 Å². The van der Waals surface area contributed by atoms with Gasteiger partial charge in [-0.1, -0.05) is 11.6 Å². The Balaban J connectivity index is 1.28. The van der Waals surface area contributed by atoms with E-state index in [1.165, 1.54) is 0 Å². The van der Waals surface area contributed by atoms with Gasteiger partial charge in [0.05, 0.1) is 37.6 Å². The number of morpholine rings is 1. The Hall–Kier alpha value is -3.11. The number of rotatable bonds is 4. The van der Waals surface area contributed by atoms with Crippen LogP contribution < -0.4 is 9.64 Å². The van der Waals surface area contributed by atoms with E-state index >= 15 is 0 Å². The highest BCUT2D eigenvalue weighted by atomic mass is 35.5. The number of carbonyl (C=O) groups excluding carboxylic acids is 1. The molecule has 11 heteroatoms. The molecular formula is C27H33ClN6O4. The molecule has 2 aromatic heterocycles. The Morgan fingerprint density at radius 1 is 1.13 bits per heavy atom. The van der Waals surface area contributed by atoms with Crippen molar-refractivity contribution in [3.05, 3.63) is 35.0 Å². The number of carbonyl (C=O) groups is 1. The zero-order valence-corrected chi connectivity index (χ0v) is 22.9. The molecular weight excluding hydrogens is 508 g/mol. The lowest BCUT2D eigenvalue weighted by atomic mass is 9.89. The maximum atomic E-state index is 12.5. The van der Waals surface area contributed by atoms with E-state index in [4.69, 9.17) is 25.8 Å². The SMILES string of the molecule is COc1nc(N2CC3CC2CO3)cc(-n2ncc3cc(Cl)c(C4CCN(C(=O)OC(C)(C)C)CC4)cc32)n1. The molecule has 10 nitrogen and oxygen atoms in total. The third-order valence-electron chi connectivity index (χ3n) is 7.55. The minimum absolute atomic E-state index is 0.226. The first-order valence-corrected chi connectivity index (χ1v) is 13.5. The van der Waals surface area contributed by atoms with Gasteiger partial charge in [-0.2, -0.15) is 15.1 Å². The number of benzene rings is 1. The molecule has 6 rings (SSSR count). The standard InChI is InChI=1S/C27H33ClN6O4/c1-27(2,3)38-26(35)32-7-5-16(6-8-32)20-11-22-17(9-21(20)28)13-29-34(22)24-12-23(30-25(31-24)36-4)33-14-19-10-18(33)15-37-19/h9,11-13,16,18-19H,5-8,10,14-15H2,1-4H3. The quantitative estimate of drug-likeness (QED) is 0.475. The van der Waals surface area contributed by atoms with Gasteiger partial charge in [0.1, 0.15) is 11.4 Å². The number of aromatic nitrogens is 4. The van der Waals surface area contributed by atoms with Crippen LogP contribution in [0.4, 0.5) is 10.6 Å². The molecule has 3 aliphatic heterocycles. The van der Waals surface area contributed by atoms with Gasteiger partial charge in [0, 0.05) is 36.1 Å². The highest BCUT2D eigenvalue weighted by molar-refractivity contribution is 6.32. The first-order chi connectivity index (χ1) is 18.2. The summed E-state index contributed by atoms with van der Waals surface area (Å²) < 4.78 is 18.6. The zero-order valence-electron chi connectivity index (χ0n) is 22.2. The average Bonchev–Trinajstić information content (AvgIpc) is 3.63. The van der Waals surface area contributed by atoms with E-state index in [1.807, 2.05) is 37.6 Å². The second-order valence-electron chi connectivity index (χ2n) is 11.3. The van der Waals surface area contributed by atoms with Crippen LogP contribution >= 0.6 is 11.6 Å². The second kappa shape index (κ2) is 9.57. The van der Waals surface area contributed by atoms with Crippen LogP contribution in [0, 0.1) is 0 Å². The summed E-state index contributed by atoms with van der Waals surface area (Å²) in [4.78, 5) is 25.8. The van der Waals surface area contributed by atoms with Crippen molar-refractivity contribution in [2.75, 3.05) is 38.3 Å². The molecule has 1 aromatic carbocycles. The van der Waals surface area contributed by atoms with Crippen LogP contribution in [0.5, 0.6) is 6.01 Å². The van der Waals surface area contributed by atoms with E-state index in [0.717, 1.165) is 48.1 Å². The predicted molar refractivity (Wildman–Crippen MR) is 143 cm³/mol. The molecule has 2 atom stereocenters. The number of piperidine rings is 1. The van der Waals surface area contributed by atoms with E-state index < -0.39 is 5.60 Å². The maximum Gasteiger partial charge on any atom is 0.410 e. The monoisotopic (exact) mass is 540 g/mol. The number of methoxy groups -OCH3 is 1. The molecule has 0 radical (unpaired) electrons. The first-order valence-electron chi connectivity index (χ1n) is 13.2. The number of hydrogen-bond acceptors (Lipinski definition) is 8. The Morgan fingerprint density at radius 2 is 1.89 bits per heavy atom. The van der Waals surface area contributed by atoms with Crippen LogP contribution in [-0.4, -0.2) is 81.8 Å². The summed E-state index contributed by atoms with van der Waals surface area (Å²) in [6.45, 7) is 8.43. The maximum absolute atomic E-state index is 12.5. The van der Waals surface area contributed by atoms with Gasteiger partial charge in [0.2, 0.25) is 0 Å². The van der Waals surface area contributed by atoms with Crippen molar-refractivity contribution in [3.63, 3.8) is 0 Å². The van der Waals surface area contributed by atoms with Gasteiger partial charge in [0.15, 0.2) is 5.82 Å². The lowest BCUT2D eigenvalue weighted by molar-refractivity contribution is 0.0205. The Morgan fingerprint density at radius 3 is 2.55 bits per heavy atom. The normalized spacial score (nSPS) is 21.9. The molecule has 3 aliphatic rings. The van der Waals surface area contributed by atoms with Crippen LogP contribution in [0.15, 0.2) is 24.4 Å². The highest BCUT2D eigenvalue weighted by Crippen LogP contribution is 2.37. The summed E-state index contributed by atoms with van der Waals surface area (Å²) in [7, 11) is 1.57. The molecule has 38 heavy (non-hydrogen) atoms. The number of nitrogens with zero attached hydrogens (tertiary/aromatic N) is 6. The number of likely N-dealkylation sites (tertiary alicyclic amines) is 1. The summed E-state index contributed by atoms with van der Waals surface area (Å²) in [6, 6.07) is 6.65. The molecule has 2 bridgehead atoms. The lowest BCUT2D eigenvalue weighted by Crippen LogP contribution is -2.41. The molecule has 0 N–H and O–H groups in total. The summed E-state index contributed by atoms with van der Waals surface area (Å²) >= 11 is 6.77. The van der Waals surface area contributed by atoms with Gasteiger partial charge in [-0.05, 0) is 63.6 Å². The third kappa shape index (κ3) is 4.75. The van der Waals surface area contributed by atoms with Gasteiger partial charge in [-0.15, -0.1) is 0 Å². The Labute approximate surface area is 226 Å². The van der Waals surface area contributed by atoms with Gasteiger partial charge in [-0.25, -0.2) is 9.48 Å².